The monoisotopic (exact) mass is 531 g/mol. The average molecular weight is 532 g/mol. The van der Waals surface area contributed by atoms with Crippen LogP contribution in [0.25, 0.3) is 11.1 Å². The predicted octanol–water partition coefficient (Wildman–Crippen LogP) is 4.04. The van der Waals surface area contributed by atoms with Gasteiger partial charge in [0.05, 0.1) is 22.8 Å². The molecule has 1 heterocycles. The number of hydrazone groups is 1. The number of aliphatic hydroxyl groups excluding tert-OH is 1. The maximum atomic E-state index is 12.0. The Labute approximate surface area is 221 Å². The van der Waals surface area contributed by atoms with Crippen LogP contribution in [0.1, 0.15) is 12.5 Å². The highest BCUT2D eigenvalue weighted by Crippen LogP contribution is 2.34. The second-order valence-corrected chi connectivity index (χ2v) is 10.1. The second-order valence-electron chi connectivity index (χ2n) is 8.17. The number of nitrogens with zero attached hydrogens (tertiary/aromatic N) is 3. The molecule has 0 saturated carbocycles. The lowest BCUT2D eigenvalue weighted by Gasteiger charge is -2.17. The molecule has 10 nitrogen and oxygen atoms in total. The topological polar surface area (TPSA) is 141 Å². The lowest BCUT2D eigenvalue weighted by Crippen LogP contribution is -2.18. The molecule has 0 bridgehead atoms. The van der Waals surface area contributed by atoms with E-state index >= 15 is 0 Å². The van der Waals surface area contributed by atoms with Gasteiger partial charge < -0.3 is 15.7 Å². The van der Waals surface area contributed by atoms with E-state index in [1.54, 1.807) is 12.1 Å². The Morgan fingerprint density at radius 2 is 1.53 bits per heavy atom. The van der Waals surface area contributed by atoms with E-state index in [1.165, 1.54) is 19.2 Å². The average Bonchev–Trinajstić information content (AvgIpc) is 2.95. The molecule has 0 aliphatic heterocycles. The first-order valence-electron chi connectivity index (χ1n) is 11.9. The van der Waals surface area contributed by atoms with E-state index in [2.05, 4.69) is 30.9 Å². The number of anilines is 4. The molecule has 0 amide bonds. The molecule has 0 unspecified atom stereocenters. The van der Waals surface area contributed by atoms with E-state index in [4.69, 9.17) is 4.98 Å². The Kier molecular flexibility index (Phi) is 8.64. The Bertz CT molecular complexity index is 1500. The fraction of sp³-hybridized carbons (Fsp3) is 0.148. The molecule has 1 aromatic heterocycles. The van der Waals surface area contributed by atoms with Crippen LogP contribution in [0.3, 0.4) is 0 Å². The highest BCUT2D eigenvalue weighted by Gasteiger charge is 2.17. The van der Waals surface area contributed by atoms with Crippen molar-refractivity contribution in [1.29, 1.82) is 0 Å². The maximum absolute atomic E-state index is 12.0. The minimum absolute atomic E-state index is 0.0705. The normalized spacial score (nSPS) is 11.7. The fourth-order valence-corrected chi connectivity index (χ4v) is 4.35. The molecular weight excluding hydrogens is 502 g/mol. The van der Waals surface area contributed by atoms with Crippen LogP contribution in [-0.2, 0) is 10.0 Å². The number of benzene rings is 3. The molecule has 0 spiro atoms. The molecule has 4 aromatic rings. The zero-order chi connectivity index (χ0) is 27.0. The van der Waals surface area contributed by atoms with Crippen LogP contribution in [0.15, 0.2) is 94.9 Å². The van der Waals surface area contributed by atoms with Crippen molar-refractivity contribution in [3.8, 4) is 11.1 Å². The zero-order valence-corrected chi connectivity index (χ0v) is 21.8. The summed E-state index contributed by atoms with van der Waals surface area (Å²) in [6.45, 7) is 2.04. The van der Waals surface area contributed by atoms with Gasteiger partial charge in [-0.1, -0.05) is 60.7 Å². The summed E-state index contributed by atoms with van der Waals surface area (Å²) in [5, 5.41) is 20.4. The first kappa shape index (κ1) is 26.7. The molecule has 38 heavy (non-hydrogen) atoms. The standard InChI is InChI=1S/C27H29N7O3S/c1-19(20-13-15-23(16-14-20)38(36,37)28-2)33-34-26-24(21-9-5-3-6-10-21)25(29-17-18-35)31-27(32-26)30-22-11-7-4-8-12-22/h3-16,28,35H,17-18H2,1-2H3,(H3,29,30,31,32,34). The number of sulfonamides is 1. The van der Waals surface area contributed by atoms with Crippen molar-refractivity contribution in [3.05, 3.63) is 90.5 Å². The Morgan fingerprint density at radius 1 is 0.895 bits per heavy atom. The van der Waals surface area contributed by atoms with E-state index in [0.29, 0.717) is 35.4 Å². The lowest BCUT2D eigenvalue weighted by atomic mass is 10.1. The lowest BCUT2D eigenvalue weighted by molar-refractivity contribution is 0.311. The van der Waals surface area contributed by atoms with Gasteiger partial charge in [-0.2, -0.15) is 15.1 Å². The van der Waals surface area contributed by atoms with Crippen LogP contribution in [0.4, 0.5) is 23.3 Å². The predicted molar refractivity (Wildman–Crippen MR) is 151 cm³/mol. The number of nitrogens with one attached hydrogen (secondary N) is 4. The van der Waals surface area contributed by atoms with Gasteiger partial charge in [-0.05, 0) is 49.4 Å². The summed E-state index contributed by atoms with van der Waals surface area (Å²) in [4.78, 5) is 9.55. The minimum atomic E-state index is -3.53. The molecule has 0 saturated heterocycles. The summed E-state index contributed by atoms with van der Waals surface area (Å²) in [6.07, 6.45) is 0. The first-order valence-corrected chi connectivity index (χ1v) is 13.4. The van der Waals surface area contributed by atoms with Gasteiger partial charge in [0, 0.05) is 12.2 Å². The van der Waals surface area contributed by atoms with Crippen molar-refractivity contribution in [3.63, 3.8) is 0 Å². The molecular formula is C27H29N7O3S. The molecule has 0 aliphatic rings. The summed E-state index contributed by atoms with van der Waals surface area (Å²) in [5.41, 5.74) is 6.79. The molecule has 5 N–H and O–H groups in total. The van der Waals surface area contributed by atoms with E-state index in [1.807, 2.05) is 67.6 Å². The van der Waals surface area contributed by atoms with Gasteiger partial charge in [0.15, 0.2) is 5.82 Å². The van der Waals surface area contributed by atoms with Crippen molar-refractivity contribution >= 4 is 39.0 Å². The summed E-state index contributed by atoms with van der Waals surface area (Å²) in [7, 11) is -2.16. The third-order valence-electron chi connectivity index (χ3n) is 5.59. The SMILES string of the molecule is CNS(=O)(=O)c1ccc(C(C)=NNc2nc(Nc3ccccc3)nc(NCCO)c2-c2ccccc2)cc1. The Morgan fingerprint density at radius 3 is 2.16 bits per heavy atom. The van der Waals surface area contributed by atoms with Gasteiger partial charge in [0.1, 0.15) is 5.82 Å². The summed E-state index contributed by atoms with van der Waals surface area (Å²) >= 11 is 0. The zero-order valence-electron chi connectivity index (χ0n) is 21.0. The van der Waals surface area contributed by atoms with Gasteiger partial charge >= 0.3 is 0 Å². The second kappa shape index (κ2) is 12.3. The van der Waals surface area contributed by atoms with Gasteiger partial charge in [-0.25, -0.2) is 13.1 Å². The van der Waals surface area contributed by atoms with Gasteiger partial charge in [-0.15, -0.1) is 0 Å². The van der Waals surface area contributed by atoms with Crippen LogP contribution < -0.4 is 20.8 Å². The van der Waals surface area contributed by atoms with Crippen molar-refractivity contribution in [2.75, 3.05) is 36.3 Å². The van der Waals surface area contributed by atoms with E-state index in [-0.39, 0.29) is 11.5 Å². The molecule has 196 valence electrons. The van der Waals surface area contributed by atoms with Crippen molar-refractivity contribution in [2.24, 2.45) is 5.10 Å². The highest BCUT2D eigenvalue weighted by atomic mass is 32.2. The summed E-state index contributed by atoms with van der Waals surface area (Å²) < 4.78 is 26.4. The summed E-state index contributed by atoms with van der Waals surface area (Å²) in [6, 6.07) is 25.6. The van der Waals surface area contributed by atoms with Crippen molar-refractivity contribution in [1.82, 2.24) is 14.7 Å². The molecule has 4 rings (SSSR count). The van der Waals surface area contributed by atoms with Crippen LogP contribution in [-0.4, -0.2) is 49.4 Å². The third-order valence-corrected chi connectivity index (χ3v) is 7.02. The van der Waals surface area contributed by atoms with Crippen molar-refractivity contribution < 1.29 is 13.5 Å². The van der Waals surface area contributed by atoms with Crippen LogP contribution in [0.2, 0.25) is 0 Å². The molecule has 0 radical (unpaired) electrons. The van der Waals surface area contributed by atoms with Crippen LogP contribution >= 0.6 is 0 Å². The van der Waals surface area contributed by atoms with Crippen LogP contribution in [0.5, 0.6) is 0 Å². The maximum Gasteiger partial charge on any atom is 0.240 e. The number of rotatable bonds is 11. The number of aromatic nitrogens is 2. The molecule has 11 heteroatoms. The van der Waals surface area contributed by atoms with E-state index in [0.717, 1.165) is 16.8 Å². The quantitative estimate of drug-likeness (QED) is 0.144. The Balaban J connectivity index is 1.74. The highest BCUT2D eigenvalue weighted by molar-refractivity contribution is 7.89. The first-order chi connectivity index (χ1) is 18.4. The van der Waals surface area contributed by atoms with Crippen LogP contribution in [0, 0.1) is 0 Å². The minimum Gasteiger partial charge on any atom is -0.395 e. The van der Waals surface area contributed by atoms with E-state index in [9.17, 15) is 13.5 Å². The molecule has 0 atom stereocenters. The largest absolute Gasteiger partial charge is 0.395 e. The van der Waals surface area contributed by atoms with Crippen molar-refractivity contribution in [2.45, 2.75) is 11.8 Å². The molecule has 0 fully saturated rings. The molecule has 0 aliphatic carbocycles. The third kappa shape index (κ3) is 6.51. The van der Waals surface area contributed by atoms with E-state index < -0.39 is 10.0 Å². The summed E-state index contributed by atoms with van der Waals surface area (Å²) in [5.74, 6) is 1.31. The van der Waals surface area contributed by atoms with Gasteiger partial charge in [0.2, 0.25) is 16.0 Å². The smallest absolute Gasteiger partial charge is 0.240 e. The Hall–Kier alpha value is -4.32. The number of hydrogen-bond donors (Lipinski definition) is 5. The number of hydrogen-bond acceptors (Lipinski definition) is 9. The number of para-hydroxylation sites is 1. The van der Waals surface area contributed by atoms with Gasteiger partial charge in [0.25, 0.3) is 0 Å². The van der Waals surface area contributed by atoms with Gasteiger partial charge in [-0.3, -0.25) is 5.43 Å². The fourth-order valence-electron chi connectivity index (χ4n) is 3.62. The molecule has 3 aromatic carbocycles. The number of aliphatic hydroxyl groups is 1.